The smallest absolute Gasteiger partial charge is 0.254 e. The number of nitrogens with one attached hydrogen (secondary N) is 1. The lowest BCUT2D eigenvalue weighted by atomic mass is 10.2. The minimum atomic E-state index is -1.26. The highest BCUT2D eigenvalue weighted by molar-refractivity contribution is 5.83. The van der Waals surface area contributed by atoms with E-state index in [2.05, 4.69) is 5.32 Å². The Morgan fingerprint density at radius 3 is 2.20 bits per heavy atom. The van der Waals surface area contributed by atoms with Crippen LogP contribution < -0.4 is 5.32 Å². The van der Waals surface area contributed by atoms with Crippen LogP contribution in [0.15, 0.2) is 0 Å². The van der Waals surface area contributed by atoms with Gasteiger partial charge in [-0.05, 0) is 6.92 Å². The molecule has 3 heteroatoms. The standard InChI is InChI=1S/C5H8FNO.C2H6/c1-3-2-4(6)5(8)7-3;1-2/h3-4H,2H2,1H3,(H,7,8);1-2H3. The molecule has 0 radical (unpaired) electrons. The van der Waals surface area contributed by atoms with Gasteiger partial charge in [0.2, 0.25) is 0 Å². The SMILES string of the molecule is CC.CC1CC(F)C(=O)N1. The first-order valence-corrected chi connectivity index (χ1v) is 3.64. The highest BCUT2D eigenvalue weighted by atomic mass is 19.1. The van der Waals surface area contributed by atoms with Gasteiger partial charge in [-0.25, -0.2) is 4.39 Å². The molecule has 2 nitrogen and oxygen atoms in total. The normalized spacial score (nSPS) is 30.6. The highest BCUT2D eigenvalue weighted by Gasteiger charge is 2.28. The van der Waals surface area contributed by atoms with Crippen molar-refractivity contribution in [1.82, 2.24) is 5.32 Å². The number of carbonyl (C=O) groups is 1. The van der Waals surface area contributed by atoms with Gasteiger partial charge in [0, 0.05) is 12.5 Å². The summed E-state index contributed by atoms with van der Waals surface area (Å²) in [4.78, 5) is 10.3. The fraction of sp³-hybridized carbons (Fsp3) is 0.857. The summed E-state index contributed by atoms with van der Waals surface area (Å²) in [7, 11) is 0. The molecule has 1 saturated heterocycles. The lowest BCUT2D eigenvalue weighted by Gasteiger charge is -1.94. The van der Waals surface area contributed by atoms with E-state index in [9.17, 15) is 9.18 Å². The Balaban J connectivity index is 0.000000371. The number of carbonyl (C=O) groups excluding carboxylic acids is 1. The molecular formula is C7H14FNO. The summed E-state index contributed by atoms with van der Waals surface area (Å²) in [6, 6.07) is 0.0255. The van der Waals surface area contributed by atoms with Crippen LogP contribution in [-0.2, 0) is 4.79 Å². The lowest BCUT2D eigenvalue weighted by molar-refractivity contribution is -0.123. The Bertz CT molecular complexity index is 116. The molecule has 1 rings (SSSR count). The van der Waals surface area contributed by atoms with Gasteiger partial charge in [0.25, 0.3) is 5.91 Å². The minimum absolute atomic E-state index is 0.0255. The summed E-state index contributed by atoms with van der Waals surface area (Å²) in [5.41, 5.74) is 0. The summed E-state index contributed by atoms with van der Waals surface area (Å²) in [5, 5.41) is 2.45. The third-order valence-electron chi connectivity index (χ3n) is 1.23. The average Bonchev–Trinajstić information content (AvgIpc) is 2.16. The number of amides is 1. The number of rotatable bonds is 0. The van der Waals surface area contributed by atoms with Crippen LogP contribution in [0.5, 0.6) is 0 Å². The monoisotopic (exact) mass is 147 g/mol. The predicted octanol–water partition coefficient (Wildman–Crippen LogP) is 1.26. The van der Waals surface area contributed by atoms with Crippen molar-refractivity contribution in [2.45, 2.75) is 39.4 Å². The summed E-state index contributed by atoms with van der Waals surface area (Å²) in [6.45, 7) is 5.79. The van der Waals surface area contributed by atoms with Crippen LogP contribution in [0.1, 0.15) is 27.2 Å². The van der Waals surface area contributed by atoms with Gasteiger partial charge in [-0.3, -0.25) is 4.79 Å². The van der Waals surface area contributed by atoms with Gasteiger partial charge in [0.05, 0.1) is 0 Å². The topological polar surface area (TPSA) is 29.1 Å². The third-order valence-corrected chi connectivity index (χ3v) is 1.23. The van der Waals surface area contributed by atoms with E-state index >= 15 is 0 Å². The van der Waals surface area contributed by atoms with Crippen LogP contribution in [0.4, 0.5) is 4.39 Å². The number of alkyl halides is 1. The van der Waals surface area contributed by atoms with E-state index in [4.69, 9.17) is 0 Å². The number of halogens is 1. The molecule has 1 aliphatic heterocycles. The molecule has 1 N–H and O–H groups in total. The van der Waals surface area contributed by atoms with E-state index in [0.717, 1.165) is 0 Å². The van der Waals surface area contributed by atoms with Gasteiger partial charge >= 0.3 is 0 Å². The minimum Gasteiger partial charge on any atom is -0.351 e. The van der Waals surface area contributed by atoms with Crippen LogP contribution in [0, 0.1) is 0 Å². The van der Waals surface area contributed by atoms with E-state index in [1.54, 1.807) is 6.92 Å². The molecule has 10 heavy (non-hydrogen) atoms. The van der Waals surface area contributed by atoms with Gasteiger partial charge in [-0.1, -0.05) is 13.8 Å². The van der Waals surface area contributed by atoms with E-state index in [-0.39, 0.29) is 6.04 Å². The molecule has 0 aromatic carbocycles. The van der Waals surface area contributed by atoms with Gasteiger partial charge < -0.3 is 5.32 Å². The van der Waals surface area contributed by atoms with Gasteiger partial charge in [-0.2, -0.15) is 0 Å². The quantitative estimate of drug-likeness (QED) is 0.549. The Hall–Kier alpha value is -0.600. The van der Waals surface area contributed by atoms with Crippen LogP contribution >= 0.6 is 0 Å². The molecule has 2 atom stereocenters. The zero-order valence-corrected chi connectivity index (χ0v) is 6.65. The summed E-state index contributed by atoms with van der Waals surface area (Å²) in [6.07, 6.45) is -0.927. The van der Waals surface area contributed by atoms with Crippen molar-refractivity contribution in [1.29, 1.82) is 0 Å². The van der Waals surface area contributed by atoms with Crippen LogP contribution in [-0.4, -0.2) is 18.1 Å². The van der Waals surface area contributed by atoms with E-state index in [1.165, 1.54) is 0 Å². The molecule has 0 saturated carbocycles. The first-order valence-electron chi connectivity index (χ1n) is 3.64. The van der Waals surface area contributed by atoms with Gasteiger partial charge in [0.15, 0.2) is 6.17 Å². The average molecular weight is 147 g/mol. The molecule has 1 aliphatic rings. The highest BCUT2D eigenvalue weighted by Crippen LogP contribution is 2.09. The second-order valence-electron chi connectivity index (χ2n) is 2.11. The fourth-order valence-corrected chi connectivity index (χ4v) is 0.810. The summed E-state index contributed by atoms with van der Waals surface area (Å²) >= 11 is 0. The van der Waals surface area contributed by atoms with Crippen molar-refractivity contribution < 1.29 is 9.18 Å². The molecule has 1 heterocycles. The molecule has 0 spiro atoms. The van der Waals surface area contributed by atoms with E-state index in [1.807, 2.05) is 13.8 Å². The Kier molecular flexibility index (Phi) is 4.00. The number of hydrogen-bond acceptors (Lipinski definition) is 1. The second kappa shape index (κ2) is 4.25. The molecule has 60 valence electrons. The van der Waals surface area contributed by atoms with Crippen LogP contribution in [0.25, 0.3) is 0 Å². The summed E-state index contributed by atoms with van der Waals surface area (Å²) < 4.78 is 12.2. The van der Waals surface area contributed by atoms with Crippen molar-refractivity contribution in [3.63, 3.8) is 0 Å². The molecule has 0 bridgehead atoms. The molecule has 2 unspecified atom stereocenters. The van der Waals surface area contributed by atoms with Gasteiger partial charge in [-0.15, -0.1) is 0 Å². The molecule has 1 fully saturated rings. The Labute approximate surface area is 60.8 Å². The predicted molar refractivity (Wildman–Crippen MR) is 38.5 cm³/mol. The molecule has 0 aromatic rings. The van der Waals surface area contributed by atoms with Crippen LogP contribution in [0.2, 0.25) is 0 Å². The lowest BCUT2D eigenvalue weighted by Crippen LogP contribution is -2.24. The van der Waals surface area contributed by atoms with Crippen molar-refractivity contribution in [3.05, 3.63) is 0 Å². The summed E-state index contributed by atoms with van der Waals surface area (Å²) in [5.74, 6) is -0.461. The van der Waals surface area contributed by atoms with E-state index in [0.29, 0.717) is 6.42 Å². The Morgan fingerprint density at radius 2 is 2.10 bits per heavy atom. The first kappa shape index (κ1) is 9.40. The van der Waals surface area contributed by atoms with Crippen molar-refractivity contribution in [3.8, 4) is 0 Å². The Morgan fingerprint density at radius 1 is 1.60 bits per heavy atom. The fourth-order valence-electron chi connectivity index (χ4n) is 0.810. The maximum atomic E-state index is 12.2. The maximum Gasteiger partial charge on any atom is 0.254 e. The molecule has 0 aromatic heterocycles. The molecular weight excluding hydrogens is 133 g/mol. The zero-order valence-electron chi connectivity index (χ0n) is 6.65. The van der Waals surface area contributed by atoms with Crippen molar-refractivity contribution in [2.75, 3.05) is 0 Å². The largest absolute Gasteiger partial charge is 0.351 e. The zero-order chi connectivity index (χ0) is 8.15. The van der Waals surface area contributed by atoms with Crippen molar-refractivity contribution in [2.24, 2.45) is 0 Å². The molecule has 0 aliphatic carbocycles. The van der Waals surface area contributed by atoms with Crippen molar-refractivity contribution >= 4 is 5.91 Å². The van der Waals surface area contributed by atoms with Gasteiger partial charge in [0.1, 0.15) is 0 Å². The first-order chi connectivity index (χ1) is 4.70. The number of hydrogen-bond donors (Lipinski definition) is 1. The maximum absolute atomic E-state index is 12.2. The molecule has 1 amide bonds. The van der Waals surface area contributed by atoms with E-state index < -0.39 is 12.1 Å². The third kappa shape index (κ3) is 2.33. The second-order valence-corrected chi connectivity index (χ2v) is 2.11. The van der Waals surface area contributed by atoms with Crippen LogP contribution in [0.3, 0.4) is 0 Å².